The van der Waals surface area contributed by atoms with Crippen molar-refractivity contribution in [2.75, 3.05) is 27.7 Å². The zero-order chi connectivity index (χ0) is 50.3. The molecular weight excluding hydrogens is 916 g/mol. The number of carbonyl (C=O) groups is 3. The lowest BCUT2D eigenvalue weighted by Gasteiger charge is -2.30. The van der Waals surface area contributed by atoms with Crippen LogP contribution in [0.1, 0.15) is 34.2 Å². The number of rotatable bonds is 23. The van der Waals surface area contributed by atoms with E-state index >= 15 is 0 Å². The number of aliphatic hydroxyl groups is 1. The van der Waals surface area contributed by atoms with E-state index in [1.807, 2.05) is 66.7 Å². The molecule has 4 atom stereocenters. The number of aliphatic hydroxyl groups excluding tert-OH is 1. The Morgan fingerprint density at radius 2 is 1.09 bits per heavy atom. The maximum absolute atomic E-state index is 14.6. The molecular formula is C53H53F5N4O8. The molecule has 0 spiro atoms. The Balaban J connectivity index is 1.39. The minimum atomic E-state index is -2.41. The normalized spacial score (nSPS) is 12.9. The average Bonchev–Trinajstić information content (AvgIpc) is 3.38. The standard InChI is InChI=1S/C53H53F5N4O8/c1-60-28-39(63)27-40(59)51(64)62(3)42(53(66)69-31-34-17-11-6-12-18-34)26-38-24-36(20-22-44(38)68-30-33-15-9-5-10-16-33)35-19-21-43(67-29-32-13-7-4-8-14-32)37(23-35)25-41(61-2)52(65)70-50-48(57)46(55)45(54)47(56)49(50)58/h4-24,39-42,60-61,63H,25-31,59H2,1-3H3/t39-,40+,41+,42+/m1/s1. The van der Waals surface area contributed by atoms with E-state index in [0.29, 0.717) is 33.6 Å². The predicted molar refractivity (Wildman–Crippen MR) is 251 cm³/mol. The van der Waals surface area contributed by atoms with Crippen molar-refractivity contribution in [1.29, 1.82) is 0 Å². The fourth-order valence-electron chi connectivity index (χ4n) is 7.50. The van der Waals surface area contributed by atoms with Gasteiger partial charge in [0.1, 0.15) is 43.4 Å². The van der Waals surface area contributed by atoms with Gasteiger partial charge in [0.25, 0.3) is 0 Å². The third-order valence-electron chi connectivity index (χ3n) is 11.4. The van der Waals surface area contributed by atoms with E-state index < -0.39 is 76.9 Å². The summed E-state index contributed by atoms with van der Waals surface area (Å²) in [6.45, 7) is 0.328. The number of nitrogens with one attached hydrogen (secondary N) is 2. The van der Waals surface area contributed by atoms with E-state index in [-0.39, 0.29) is 51.4 Å². The number of carbonyl (C=O) groups excluding carboxylic acids is 3. The van der Waals surface area contributed by atoms with Crippen molar-refractivity contribution >= 4 is 17.8 Å². The predicted octanol–water partition coefficient (Wildman–Crippen LogP) is 7.35. The van der Waals surface area contributed by atoms with Crippen LogP contribution in [-0.2, 0) is 51.8 Å². The van der Waals surface area contributed by atoms with E-state index in [4.69, 9.17) is 24.7 Å². The Morgan fingerprint density at radius 3 is 1.56 bits per heavy atom. The number of likely N-dealkylation sites (N-methyl/N-ethyl adjacent to an activating group) is 3. The highest BCUT2D eigenvalue weighted by Gasteiger charge is 2.34. The second kappa shape index (κ2) is 24.9. The fourth-order valence-corrected chi connectivity index (χ4v) is 7.50. The van der Waals surface area contributed by atoms with Crippen LogP contribution in [0.3, 0.4) is 0 Å². The summed E-state index contributed by atoms with van der Waals surface area (Å²) in [5.41, 5.74) is 10.7. The van der Waals surface area contributed by atoms with Gasteiger partial charge in [-0.3, -0.25) is 4.79 Å². The van der Waals surface area contributed by atoms with Crippen molar-refractivity contribution in [2.24, 2.45) is 5.73 Å². The first kappa shape index (κ1) is 52.2. The molecule has 0 bridgehead atoms. The van der Waals surface area contributed by atoms with E-state index in [9.17, 15) is 41.4 Å². The van der Waals surface area contributed by atoms with Crippen LogP contribution >= 0.6 is 0 Å². The molecule has 17 heteroatoms. The number of hydrogen-bond acceptors (Lipinski definition) is 11. The summed E-state index contributed by atoms with van der Waals surface area (Å²) in [6, 6.07) is 34.0. The second-order valence-corrected chi connectivity index (χ2v) is 16.4. The monoisotopic (exact) mass is 968 g/mol. The third kappa shape index (κ3) is 13.5. The summed E-state index contributed by atoms with van der Waals surface area (Å²) in [6.07, 6.45) is -1.43. The number of nitrogens with two attached hydrogens (primary N) is 1. The highest BCUT2D eigenvalue weighted by Crippen LogP contribution is 2.34. The Bertz CT molecular complexity index is 2690. The first-order chi connectivity index (χ1) is 33.7. The molecule has 0 aromatic heterocycles. The van der Waals surface area contributed by atoms with Gasteiger partial charge < -0.3 is 45.3 Å². The molecule has 0 unspecified atom stereocenters. The van der Waals surface area contributed by atoms with Crippen molar-refractivity contribution in [3.8, 4) is 28.4 Å². The molecule has 5 N–H and O–H groups in total. The highest BCUT2D eigenvalue weighted by atomic mass is 19.2. The Kier molecular flexibility index (Phi) is 18.6. The summed E-state index contributed by atoms with van der Waals surface area (Å²) < 4.78 is 94.4. The molecule has 0 heterocycles. The average molecular weight is 969 g/mol. The molecule has 0 aliphatic heterocycles. The Morgan fingerprint density at radius 1 is 0.629 bits per heavy atom. The smallest absolute Gasteiger partial charge is 0.329 e. The number of hydrogen-bond donors (Lipinski definition) is 4. The first-order valence-corrected chi connectivity index (χ1v) is 22.2. The summed E-state index contributed by atoms with van der Waals surface area (Å²) in [7, 11) is 4.43. The molecule has 12 nitrogen and oxygen atoms in total. The second-order valence-electron chi connectivity index (χ2n) is 16.4. The van der Waals surface area contributed by atoms with Crippen LogP contribution in [0.5, 0.6) is 17.2 Å². The van der Waals surface area contributed by atoms with Gasteiger partial charge in [0, 0.05) is 26.4 Å². The molecule has 0 radical (unpaired) electrons. The van der Waals surface area contributed by atoms with Crippen LogP contribution in [0.2, 0.25) is 0 Å². The van der Waals surface area contributed by atoms with Crippen molar-refractivity contribution < 1.29 is 60.4 Å². The van der Waals surface area contributed by atoms with Gasteiger partial charge >= 0.3 is 11.9 Å². The summed E-state index contributed by atoms with van der Waals surface area (Å²) in [5.74, 6) is -15.4. The van der Waals surface area contributed by atoms with Crippen molar-refractivity contribution in [3.63, 3.8) is 0 Å². The van der Waals surface area contributed by atoms with Crippen LogP contribution in [0.4, 0.5) is 22.0 Å². The Hall–Kier alpha value is -7.18. The van der Waals surface area contributed by atoms with Gasteiger partial charge in [-0.25, -0.2) is 22.8 Å². The molecule has 6 rings (SSSR count). The minimum Gasteiger partial charge on any atom is -0.489 e. The zero-order valence-electron chi connectivity index (χ0n) is 38.6. The first-order valence-electron chi connectivity index (χ1n) is 22.2. The van der Waals surface area contributed by atoms with Gasteiger partial charge in [0.05, 0.1) is 12.1 Å². The topological polar surface area (TPSA) is 162 Å². The molecule has 70 heavy (non-hydrogen) atoms. The van der Waals surface area contributed by atoms with Crippen LogP contribution in [0.15, 0.2) is 127 Å². The maximum Gasteiger partial charge on any atom is 0.329 e. The van der Waals surface area contributed by atoms with Crippen molar-refractivity contribution in [1.82, 2.24) is 15.5 Å². The van der Waals surface area contributed by atoms with E-state index in [1.54, 1.807) is 67.7 Å². The van der Waals surface area contributed by atoms with E-state index in [1.165, 1.54) is 19.0 Å². The van der Waals surface area contributed by atoms with Crippen LogP contribution in [-0.4, -0.2) is 79.8 Å². The molecule has 6 aromatic rings. The number of nitrogens with zero attached hydrogens (tertiary/aromatic N) is 1. The largest absolute Gasteiger partial charge is 0.489 e. The summed E-state index contributed by atoms with van der Waals surface area (Å²) in [4.78, 5) is 42.8. The summed E-state index contributed by atoms with van der Waals surface area (Å²) in [5, 5.41) is 16.0. The van der Waals surface area contributed by atoms with Crippen LogP contribution in [0, 0.1) is 29.1 Å². The lowest BCUT2D eigenvalue weighted by molar-refractivity contribution is -0.155. The third-order valence-corrected chi connectivity index (χ3v) is 11.4. The Labute approximate surface area is 402 Å². The summed E-state index contributed by atoms with van der Waals surface area (Å²) >= 11 is 0. The molecule has 0 saturated heterocycles. The van der Waals surface area contributed by atoms with Gasteiger partial charge in [-0.05, 0) is 83.7 Å². The molecule has 0 fully saturated rings. The fraction of sp³-hybridized carbons (Fsp3) is 0.264. The minimum absolute atomic E-state index is 0.0899. The van der Waals surface area contributed by atoms with Crippen molar-refractivity contribution in [2.45, 2.75) is 63.3 Å². The number of amides is 1. The van der Waals surface area contributed by atoms with E-state index in [0.717, 1.165) is 11.1 Å². The number of halogens is 5. The lowest BCUT2D eigenvalue weighted by atomic mass is 9.95. The molecule has 0 aliphatic rings. The number of ether oxygens (including phenoxy) is 4. The molecule has 0 aliphatic carbocycles. The zero-order valence-corrected chi connectivity index (χ0v) is 38.6. The van der Waals surface area contributed by atoms with Crippen LogP contribution in [0.25, 0.3) is 11.1 Å². The lowest BCUT2D eigenvalue weighted by Crippen LogP contribution is -2.52. The number of esters is 2. The van der Waals surface area contributed by atoms with Gasteiger partial charge in [0.15, 0.2) is 0 Å². The molecule has 368 valence electrons. The van der Waals surface area contributed by atoms with Gasteiger partial charge in [-0.15, -0.1) is 0 Å². The number of benzene rings is 6. The van der Waals surface area contributed by atoms with Crippen LogP contribution < -0.4 is 30.6 Å². The maximum atomic E-state index is 14.6. The highest BCUT2D eigenvalue weighted by molar-refractivity contribution is 5.88. The molecule has 1 amide bonds. The SMILES string of the molecule is CNC[C@H](O)C[C@H](N)C(=O)N(C)[C@@H](Cc1cc(-c2ccc(OCc3ccccc3)c(C[C@H](NC)C(=O)Oc3c(F)c(F)c(F)c(F)c3F)c2)ccc1OCc1ccccc1)C(=O)OCc1ccccc1. The quantitative estimate of drug-likeness (QED) is 0.0167. The molecule has 6 aromatic carbocycles. The van der Waals surface area contributed by atoms with Gasteiger partial charge in [0.2, 0.25) is 40.7 Å². The molecule has 0 saturated carbocycles. The van der Waals surface area contributed by atoms with Gasteiger partial charge in [-0.1, -0.05) is 103 Å². The van der Waals surface area contributed by atoms with Gasteiger partial charge in [-0.2, -0.15) is 8.78 Å². The van der Waals surface area contributed by atoms with Crippen molar-refractivity contribution in [3.05, 3.63) is 184 Å². The van der Waals surface area contributed by atoms with E-state index in [2.05, 4.69) is 10.6 Å².